The minimum atomic E-state index is -0.325. The van der Waals surface area contributed by atoms with Gasteiger partial charge in [0.1, 0.15) is 0 Å². The first kappa shape index (κ1) is 15.6. The van der Waals surface area contributed by atoms with Crippen molar-refractivity contribution in [3.8, 4) is 0 Å². The Hall–Kier alpha value is -1.79. The van der Waals surface area contributed by atoms with Gasteiger partial charge in [-0.3, -0.25) is 4.79 Å². The summed E-state index contributed by atoms with van der Waals surface area (Å²) in [5.74, 6) is -0.0831. The number of aliphatic hydroxyl groups excluding tert-OH is 1. The smallest absolute Gasteiger partial charge is 0.256 e. The summed E-state index contributed by atoms with van der Waals surface area (Å²) in [7, 11) is 3.78. The predicted molar refractivity (Wildman–Crippen MR) is 82.5 cm³/mol. The number of carbonyl (C=O) groups excluding carboxylic acids is 1. The third-order valence-electron chi connectivity index (χ3n) is 3.70. The molecular weight excluding hydrogens is 270 g/mol. The molecule has 1 aliphatic rings. The van der Waals surface area contributed by atoms with Crippen LogP contribution in [0.2, 0.25) is 0 Å². The fraction of sp³-hybridized carbons (Fsp3) is 0.533. The van der Waals surface area contributed by atoms with E-state index in [0.29, 0.717) is 24.4 Å². The molecule has 1 heterocycles. The number of nitrogens with zero attached hydrogens (tertiary/aromatic N) is 2. The lowest BCUT2D eigenvalue weighted by molar-refractivity contribution is -0.0667. The van der Waals surface area contributed by atoms with Crippen LogP contribution in [-0.2, 0) is 4.74 Å². The number of amides is 1. The van der Waals surface area contributed by atoms with Gasteiger partial charge in [-0.15, -0.1) is 0 Å². The molecule has 0 aromatic heterocycles. The zero-order valence-electron chi connectivity index (χ0n) is 12.7. The van der Waals surface area contributed by atoms with Crippen LogP contribution in [0.5, 0.6) is 0 Å². The zero-order valence-corrected chi connectivity index (χ0v) is 12.7. The van der Waals surface area contributed by atoms with Crippen LogP contribution >= 0.6 is 0 Å². The second-order valence-corrected chi connectivity index (χ2v) is 5.62. The Morgan fingerprint density at radius 1 is 1.52 bits per heavy atom. The normalized spacial score (nSPS) is 22.2. The van der Waals surface area contributed by atoms with Gasteiger partial charge in [0.2, 0.25) is 0 Å². The van der Waals surface area contributed by atoms with Gasteiger partial charge < -0.3 is 25.4 Å². The van der Waals surface area contributed by atoms with E-state index < -0.39 is 0 Å². The number of morpholine rings is 1. The SMILES string of the molecule is CC1COC(CO)CN1C(=O)c1cc(N)ccc1N(C)C. The number of nitrogen functional groups attached to an aromatic ring is 1. The number of carbonyl (C=O) groups is 1. The van der Waals surface area contributed by atoms with Gasteiger partial charge in [0.15, 0.2) is 0 Å². The summed E-state index contributed by atoms with van der Waals surface area (Å²) in [6.45, 7) is 2.66. The molecule has 0 bridgehead atoms. The molecule has 6 nitrogen and oxygen atoms in total. The van der Waals surface area contributed by atoms with Crippen molar-refractivity contribution >= 4 is 17.3 Å². The summed E-state index contributed by atoms with van der Waals surface area (Å²) < 4.78 is 5.48. The lowest BCUT2D eigenvalue weighted by Crippen LogP contribution is -2.52. The number of nitrogens with two attached hydrogens (primary N) is 1. The molecule has 1 aliphatic heterocycles. The first-order valence-electron chi connectivity index (χ1n) is 7.04. The van der Waals surface area contributed by atoms with Crippen molar-refractivity contribution < 1.29 is 14.6 Å². The van der Waals surface area contributed by atoms with Crippen LogP contribution < -0.4 is 10.6 Å². The van der Waals surface area contributed by atoms with Crippen molar-refractivity contribution in [1.29, 1.82) is 0 Å². The van der Waals surface area contributed by atoms with Crippen molar-refractivity contribution in [2.45, 2.75) is 19.1 Å². The Bertz CT molecular complexity index is 519. The highest BCUT2D eigenvalue weighted by Crippen LogP contribution is 2.25. The molecule has 0 spiro atoms. The largest absolute Gasteiger partial charge is 0.399 e. The Morgan fingerprint density at radius 3 is 2.86 bits per heavy atom. The molecule has 0 aliphatic carbocycles. The van der Waals surface area contributed by atoms with E-state index in [9.17, 15) is 9.90 Å². The van der Waals surface area contributed by atoms with Crippen LogP contribution in [0, 0.1) is 0 Å². The number of anilines is 2. The topological polar surface area (TPSA) is 79.0 Å². The number of ether oxygens (including phenoxy) is 1. The maximum absolute atomic E-state index is 12.9. The average Bonchev–Trinajstić information content (AvgIpc) is 2.46. The molecule has 0 saturated carbocycles. The molecule has 0 radical (unpaired) electrons. The van der Waals surface area contributed by atoms with Crippen molar-refractivity contribution in [3.63, 3.8) is 0 Å². The van der Waals surface area contributed by atoms with Gasteiger partial charge in [-0.2, -0.15) is 0 Å². The molecule has 116 valence electrons. The minimum absolute atomic E-state index is 0.0308. The molecule has 1 amide bonds. The molecule has 3 N–H and O–H groups in total. The molecule has 2 atom stereocenters. The van der Waals surface area contributed by atoms with Crippen LogP contribution in [0.25, 0.3) is 0 Å². The lowest BCUT2D eigenvalue weighted by atomic mass is 10.1. The highest BCUT2D eigenvalue weighted by atomic mass is 16.5. The van der Waals surface area contributed by atoms with Crippen molar-refractivity contribution in [3.05, 3.63) is 23.8 Å². The Morgan fingerprint density at radius 2 is 2.24 bits per heavy atom. The van der Waals surface area contributed by atoms with E-state index in [4.69, 9.17) is 10.5 Å². The van der Waals surface area contributed by atoms with Crippen LogP contribution in [0.3, 0.4) is 0 Å². The first-order valence-corrected chi connectivity index (χ1v) is 7.04. The number of benzene rings is 1. The van der Waals surface area contributed by atoms with Crippen molar-refractivity contribution in [2.24, 2.45) is 0 Å². The molecule has 2 rings (SSSR count). The Labute approximate surface area is 125 Å². The number of rotatable bonds is 3. The van der Waals surface area contributed by atoms with Crippen LogP contribution in [0.15, 0.2) is 18.2 Å². The molecule has 6 heteroatoms. The summed E-state index contributed by atoms with van der Waals surface area (Å²) in [6, 6.07) is 5.30. The van der Waals surface area contributed by atoms with E-state index in [1.165, 1.54) is 0 Å². The van der Waals surface area contributed by atoms with Gasteiger partial charge in [0.05, 0.1) is 30.9 Å². The van der Waals surface area contributed by atoms with E-state index in [-0.39, 0.29) is 24.7 Å². The van der Waals surface area contributed by atoms with E-state index in [2.05, 4.69) is 0 Å². The summed E-state index contributed by atoms with van der Waals surface area (Å²) in [4.78, 5) is 16.5. The zero-order chi connectivity index (χ0) is 15.6. The van der Waals surface area contributed by atoms with Crippen LogP contribution in [0.1, 0.15) is 17.3 Å². The summed E-state index contributed by atoms with van der Waals surface area (Å²) in [6.07, 6.45) is -0.325. The third kappa shape index (κ3) is 3.28. The second kappa shape index (κ2) is 6.32. The van der Waals surface area contributed by atoms with E-state index in [0.717, 1.165) is 5.69 Å². The fourth-order valence-corrected chi connectivity index (χ4v) is 2.48. The third-order valence-corrected chi connectivity index (χ3v) is 3.70. The lowest BCUT2D eigenvalue weighted by Gasteiger charge is -2.38. The maximum atomic E-state index is 12.9. The quantitative estimate of drug-likeness (QED) is 0.796. The molecule has 1 saturated heterocycles. The van der Waals surface area contributed by atoms with E-state index in [1.54, 1.807) is 17.0 Å². The van der Waals surface area contributed by atoms with Gasteiger partial charge in [-0.05, 0) is 25.1 Å². The molecule has 1 aromatic carbocycles. The summed E-state index contributed by atoms with van der Waals surface area (Å²) in [5, 5.41) is 9.24. The number of hydrogen-bond acceptors (Lipinski definition) is 5. The molecule has 1 fully saturated rings. The van der Waals surface area contributed by atoms with Crippen LogP contribution in [-0.4, -0.2) is 61.9 Å². The van der Waals surface area contributed by atoms with Crippen molar-refractivity contribution in [1.82, 2.24) is 4.90 Å². The number of hydrogen-bond donors (Lipinski definition) is 2. The summed E-state index contributed by atoms with van der Waals surface area (Å²) in [5.41, 5.74) is 7.79. The van der Waals surface area contributed by atoms with Crippen LogP contribution in [0.4, 0.5) is 11.4 Å². The predicted octanol–water partition coefficient (Wildman–Crippen LogP) is 0.557. The molecular formula is C15H23N3O3. The van der Waals surface area contributed by atoms with Gasteiger partial charge in [-0.25, -0.2) is 0 Å². The first-order chi connectivity index (χ1) is 9.93. The van der Waals surface area contributed by atoms with Gasteiger partial charge in [-0.1, -0.05) is 0 Å². The van der Waals surface area contributed by atoms with Gasteiger partial charge >= 0.3 is 0 Å². The standard InChI is InChI=1S/C15H23N3O3/c1-10-9-21-12(8-19)7-18(10)15(20)13-6-11(16)4-5-14(13)17(2)3/h4-6,10,12,19H,7-9,16H2,1-3H3. The highest BCUT2D eigenvalue weighted by Gasteiger charge is 2.31. The van der Waals surface area contributed by atoms with E-state index in [1.807, 2.05) is 32.0 Å². The fourth-order valence-electron chi connectivity index (χ4n) is 2.48. The summed E-state index contributed by atoms with van der Waals surface area (Å²) >= 11 is 0. The number of aliphatic hydroxyl groups is 1. The Balaban J connectivity index is 2.32. The molecule has 21 heavy (non-hydrogen) atoms. The van der Waals surface area contributed by atoms with Crippen molar-refractivity contribution in [2.75, 3.05) is 44.5 Å². The highest BCUT2D eigenvalue weighted by molar-refractivity contribution is 6.01. The Kier molecular flexibility index (Phi) is 4.69. The second-order valence-electron chi connectivity index (χ2n) is 5.62. The maximum Gasteiger partial charge on any atom is 0.256 e. The molecule has 2 unspecified atom stereocenters. The average molecular weight is 293 g/mol. The monoisotopic (exact) mass is 293 g/mol. The minimum Gasteiger partial charge on any atom is -0.399 e. The van der Waals surface area contributed by atoms with Gasteiger partial charge in [0.25, 0.3) is 5.91 Å². The van der Waals surface area contributed by atoms with E-state index >= 15 is 0 Å². The van der Waals surface area contributed by atoms with Gasteiger partial charge in [0, 0.05) is 32.0 Å². The molecule has 1 aromatic rings.